The smallest absolute Gasteiger partial charge is 0.252 e. The molecule has 0 spiro atoms. The SMILES string of the molecule is O=C(N[C@@H](c1ccccc1)c1ccc(Cl)cc1)c1ccc2n[nH]nc2c1. The summed E-state index contributed by atoms with van der Waals surface area (Å²) in [6.07, 6.45) is 0. The van der Waals surface area contributed by atoms with Gasteiger partial charge in [0.25, 0.3) is 5.91 Å². The Kier molecular flexibility index (Phi) is 4.37. The van der Waals surface area contributed by atoms with Gasteiger partial charge in [0.05, 0.1) is 6.04 Å². The molecule has 1 aromatic heterocycles. The lowest BCUT2D eigenvalue weighted by Gasteiger charge is -2.20. The maximum absolute atomic E-state index is 12.8. The number of benzene rings is 3. The number of hydrogen-bond acceptors (Lipinski definition) is 3. The number of nitrogens with zero attached hydrogens (tertiary/aromatic N) is 2. The van der Waals surface area contributed by atoms with E-state index in [1.807, 2.05) is 54.6 Å². The largest absolute Gasteiger partial charge is 0.341 e. The van der Waals surface area contributed by atoms with Crippen molar-refractivity contribution in [3.05, 3.63) is 94.5 Å². The van der Waals surface area contributed by atoms with Crippen LogP contribution in [0.2, 0.25) is 5.02 Å². The summed E-state index contributed by atoms with van der Waals surface area (Å²) in [6, 6.07) is 22.2. The van der Waals surface area contributed by atoms with E-state index in [0.717, 1.165) is 16.6 Å². The molecule has 0 aliphatic rings. The summed E-state index contributed by atoms with van der Waals surface area (Å²) in [5, 5.41) is 14.4. The van der Waals surface area contributed by atoms with Crippen molar-refractivity contribution in [2.45, 2.75) is 6.04 Å². The van der Waals surface area contributed by atoms with Crippen LogP contribution in [0.1, 0.15) is 27.5 Å². The fourth-order valence-corrected chi connectivity index (χ4v) is 2.98. The van der Waals surface area contributed by atoms with Gasteiger partial charge in [0.2, 0.25) is 0 Å². The third kappa shape index (κ3) is 3.30. The minimum atomic E-state index is -0.283. The van der Waals surface area contributed by atoms with Crippen LogP contribution >= 0.6 is 11.6 Å². The van der Waals surface area contributed by atoms with Crippen molar-refractivity contribution in [1.29, 1.82) is 0 Å². The van der Waals surface area contributed by atoms with Gasteiger partial charge < -0.3 is 5.32 Å². The van der Waals surface area contributed by atoms with Gasteiger partial charge in [-0.15, -0.1) is 0 Å². The van der Waals surface area contributed by atoms with Crippen molar-refractivity contribution in [2.24, 2.45) is 0 Å². The van der Waals surface area contributed by atoms with E-state index in [2.05, 4.69) is 20.7 Å². The van der Waals surface area contributed by atoms with E-state index in [1.165, 1.54) is 0 Å². The van der Waals surface area contributed by atoms with Crippen LogP contribution in [-0.2, 0) is 0 Å². The number of fused-ring (bicyclic) bond motifs is 1. The summed E-state index contributed by atoms with van der Waals surface area (Å²) >= 11 is 6.01. The second-order valence-electron chi connectivity index (χ2n) is 5.90. The lowest BCUT2D eigenvalue weighted by atomic mass is 9.98. The fourth-order valence-electron chi connectivity index (χ4n) is 2.86. The third-order valence-electron chi connectivity index (χ3n) is 4.19. The van der Waals surface area contributed by atoms with Gasteiger partial charge in [0, 0.05) is 10.6 Å². The Morgan fingerprint density at radius 2 is 1.58 bits per heavy atom. The van der Waals surface area contributed by atoms with Crippen molar-refractivity contribution in [1.82, 2.24) is 20.7 Å². The summed E-state index contributed by atoms with van der Waals surface area (Å²) in [7, 11) is 0. The zero-order valence-electron chi connectivity index (χ0n) is 13.7. The number of hydrogen-bond donors (Lipinski definition) is 2. The Morgan fingerprint density at radius 1 is 0.885 bits per heavy atom. The molecule has 0 unspecified atom stereocenters. The van der Waals surface area contributed by atoms with Crippen molar-refractivity contribution >= 4 is 28.5 Å². The molecule has 2 N–H and O–H groups in total. The van der Waals surface area contributed by atoms with Crippen LogP contribution in [0.5, 0.6) is 0 Å². The molecule has 5 nitrogen and oxygen atoms in total. The molecule has 6 heteroatoms. The maximum Gasteiger partial charge on any atom is 0.252 e. The second kappa shape index (κ2) is 6.98. The topological polar surface area (TPSA) is 70.7 Å². The van der Waals surface area contributed by atoms with Gasteiger partial charge in [-0.2, -0.15) is 15.4 Å². The number of H-pyrrole nitrogens is 1. The number of nitrogens with one attached hydrogen (secondary N) is 2. The molecule has 0 fully saturated rings. The fraction of sp³-hybridized carbons (Fsp3) is 0.0500. The van der Waals surface area contributed by atoms with E-state index in [-0.39, 0.29) is 11.9 Å². The van der Waals surface area contributed by atoms with Crippen LogP contribution in [0.3, 0.4) is 0 Å². The quantitative estimate of drug-likeness (QED) is 0.573. The third-order valence-corrected chi connectivity index (χ3v) is 4.44. The van der Waals surface area contributed by atoms with E-state index >= 15 is 0 Å². The van der Waals surface area contributed by atoms with Gasteiger partial charge in [-0.1, -0.05) is 54.1 Å². The Hall–Kier alpha value is -3.18. The first kappa shape index (κ1) is 16.3. The van der Waals surface area contributed by atoms with E-state index < -0.39 is 0 Å². The second-order valence-corrected chi connectivity index (χ2v) is 6.33. The zero-order valence-corrected chi connectivity index (χ0v) is 14.4. The number of halogens is 1. The van der Waals surface area contributed by atoms with Crippen LogP contribution in [-0.4, -0.2) is 21.3 Å². The van der Waals surface area contributed by atoms with Gasteiger partial charge in [-0.05, 0) is 41.5 Å². The predicted octanol–water partition coefficient (Wildman–Crippen LogP) is 4.13. The average molecular weight is 363 g/mol. The average Bonchev–Trinajstić information content (AvgIpc) is 3.15. The molecule has 0 aliphatic heterocycles. The number of carbonyl (C=O) groups excluding carboxylic acids is 1. The summed E-state index contributed by atoms with van der Waals surface area (Å²) in [6.45, 7) is 0. The molecule has 1 amide bonds. The van der Waals surface area contributed by atoms with E-state index in [4.69, 9.17) is 11.6 Å². The van der Waals surface area contributed by atoms with Gasteiger partial charge in [0.1, 0.15) is 11.0 Å². The number of rotatable bonds is 4. The number of aromatic amines is 1. The molecule has 26 heavy (non-hydrogen) atoms. The highest BCUT2D eigenvalue weighted by atomic mass is 35.5. The van der Waals surface area contributed by atoms with E-state index in [1.54, 1.807) is 18.2 Å². The first-order valence-electron chi connectivity index (χ1n) is 8.12. The molecule has 0 bridgehead atoms. The van der Waals surface area contributed by atoms with E-state index in [0.29, 0.717) is 16.1 Å². The molecule has 0 aliphatic carbocycles. The first-order chi connectivity index (χ1) is 12.7. The lowest BCUT2D eigenvalue weighted by Crippen LogP contribution is -2.29. The van der Waals surface area contributed by atoms with Crippen LogP contribution in [0.15, 0.2) is 72.8 Å². The summed E-state index contributed by atoms with van der Waals surface area (Å²) in [5.74, 6) is -0.182. The molecule has 128 valence electrons. The Morgan fingerprint density at radius 3 is 2.35 bits per heavy atom. The molecule has 3 aromatic carbocycles. The lowest BCUT2D eigenvalue weighted by molar-refractivity contribution is 0.0943. The Labute approximate surface area is 155 Å². The summed E-state index contributed by atoms with van der Waals surface area (Å²) in [5.41, 5.74) is 3.85. The molecule has 4 rings (SSSR count). The van der Waals surface area contributed by atoms with E-state index in [9.17, 15) is 4.79 Å². The zero-order chi connectivity index (χ0) is 17.9. The van der Waals surface area contributed by atoms with Gasteiger partial charge in [0.15, 0.2) is 0 Å². The summed E-state index contributed by atoms with van der Waals surface area (Å²) < 4.78 is 0. The molecule has 0 saturated carbocycles. The molecule has 1 atom stereocenters. The normalized spacial score (nSPS) is 12.0. The van der Waals surface area contributed by atoms with Crippen molar-refractivity contribution < 1.29 is 4.79 Å². The van der Waals surface area contributed by atoms with Crippen LogP contribution in [0, 0.1) is 0 Å². The van der Waals surface area contributed by atoms with Crippen molar-refractivity contribution in [2.75, 3.05) is 0 Å². The van der Waals surface area contributed by atoms with Crippen molar-refractivity contribution in [3.8, 4) is 0 Å². The van der Waals surface area contributed by atoms with Gasteiger partial charge >= 0.3 is 0 Å². The predicted molar refractivity (Wildman–Crippen MR) is 101 cm³/mol. The van der Waals surface area contributed by atoms with Crippen LogP contribution < -0.4 is 5.32 Å². The van der Waals surface area contributed by atoms with Gasteiger partial charge in [-0.25, -0.2) is 0 Å². The highest BCUT2D eigenvalue weighted by molar-refractivity contribution is 6.30. The summed E-state index contributed by atoms with van der Waals surface area (Å²) in [4.78, 5) is 12.8. The van der Waals surface area contributed by atoms with Crippen LogP contribution in [0.25, 0.3) is 11.0 Å². The van der Waals surface area contributed by atoms with Crippen LogP contribution in [0.4, 0.5) is 0 Å². The Bertz CT molecular complexity index is 1040. The minimum Gasteiger partial charge on any atom is -0.341 e. The molecule has 0 saturated heterocycles. The molecular formula is C20H15ClN4O. The molecule has 1 heterocycles. The number of amides is 1. The molecule has 0 radical (unpaired) electrons. The standard InChI is InChI=1S/C20H15ClN4O/c21-16-9-6-14(7-10-16)19(13-4-2-1-3-5-13)22-20(26)15-8-11-17-18(12-15)24-25-23-17/h1-12,19H,(H,22,26)(H,23,24,25)/t19-/m0/s1. The Balaban J connectivity index is 1.67. The highest BCUT2D eigenvalue weighted by Gasteiger charge is 2.18. The molecule has 4 aromatic rings. The number of carbonyl (C=O) groups is 1. The monoisotopic (exact) mass is 362 g/mol. The first-order valence-corrected chi connectivity index (χ1v) is 8.50. The van der Waals surface area contributed by atoms with Crippen molar-refractivity contribution in [3.63, 3.8) is 0 Å². The molecular weight excluding hydrogens is 348 g/mol. The highest BCUT2D eigenvalue weighted by Crippen LogP contribution is 2.24. The number of aromatic nitrogens is 3. The van der Waals surface area contributed by atoms with Gasteiger partial charge in [-0.3, -0.25) is 4.79 Å². The minimum absolute atomic E-state index is 0.182. The maximum atomic E-state index is 12.8.